The Morgan fingerprint density at radius 2 is 1.87 bits per heavy atom. The number of nitrogens with zero attached hydrogens (tertiary/aromatic N) is 4. The number of hydrogen-bond donors (Lipinski definition) is 2. The molecule has 2 heterocycles. The Morgan fingerprint density at radius 1 is 1.23 bits per heavy atom. The van der Waals surface area contributed by atoms with Crippen LogP contribution in [0, 0.1) is 0 Å². The van der Waals surface area contributed by atoms with Crippen molar-refractivity contribution in [1.82, 2.24) is 24.5 Å². The smallest absolute Gasteiger partial charge is 0.319 e. The molecule has 4 rings (SSSR count). The largest absolute Gasteiger partial charge is 0.366 e. The monoisotopic (exact) mass is 468 g/mol. The number of carbonyl (C=O) groups excluding carboxylic acids is 1. The van der Waals surface area contributed by atoms with Gasteiger partial charge in [0.25, 0.3) is 5.56 Å². The number of amides is 2. The zero-order valence-electron chi connectivity index (χ0n) is 17.6. The Kier molecular flexibility index (Phi) is 5.39. The molecular formula is C19H25ClN6O4S. The van der Waals surface area contributed by atoms with Gasteiger partial charge in [-0.05, 0) is 43.5 Å². The van der Waals surface area contributed by atoms with Gasteiger partial charge in [-0.25, -0.2) is 22.9 Å². The molecule has 168 valence electrons. The van der Waals surface area contributed by atoms with Crippen molar-refractivity contribution in [1.29, 1.82) is 0 Å². The summed E-state index contributed by atoms with van der Waals surface area (Å²) in [5.74, 6) is 0. The standard InChI is InChI=1S/C19H25ClN6O4S/c1-19(4-5-19)23-31(29,30)12-10-13-15(21-17(20)22-16(13)27)14(11-12)25-6-8-26(9-7-25)18(28)24(2)3/h10-11,23H,4-9H2,1-3H3,(H,21,22,27). The third-order valence-electron chi connectivity index (χ3n) is 5.70. The lowest BCUT2D eigenvalue weighted by Gasteiger charge is -2.37. The minimum Gasteiger partial charge on any atom is -0.366 e. The van der Waals surface area contributed by atoms with Crippen LogP contribution in [0.5, 0.6) is 0 Å². The molecular weight excluding hydrogens is 444 g/mol. The van der Waals surface area contributed by atoms with Crippen LogP contribution >= 0.6 is 11.6 Å². The molecule has 2 fully saturated rings. The molecule has 1 saturated carbocycles. The highest BCUT2D eigenvalue weighted by Gasteiger charge is 2.41. The first-order valence-electron chi connectivity index (χ1n) is 9.98. The first-order valence-corrected chi connectivity index (χ1v) is 11.8. The number of carbonyl (C=O) groups is 1. The summed E-state index contributed by atoms with van der Waals surface area (Å²) in [4.78, 5) is 36.7. The SMILES string of the molecule is CN(C)C(=O)N1CCN(c2cc(S(=O)(=O)NC3(C)CC3)cc3c(=O)[nH]c(Cl)nc23)CC1. The van der Waals surface area contributed by atoms with E-state index in [0.717, 1.165) is 12.8 Å². The summed E-state index contributed by atoms with van der Waals surface area (Å²) in [6, 6.07) is 2.78. The molecule has 2 aliphatic rings. The van der Waals surface area contributed by atoms with Crippen LogP contribution in [-0.4, -0.2) is 80.0 Å². The van der Waals surface area contributed by atoms with Crippen molar-refractivity contribution in [2.24, 2.45) is 0 Å². The highest BCUT2D eigenvalue weighted by molar-refractivity contribution is 7.89. The lowest BCUT2D eigenvalue weighted by atomic mass is 10.1. The van der Waals surface area contributed by atoms with Crippen molar-refractivity contribution in [3.8, 4) is 0 Å². The number of urea groups is 1. The van der Waals surface area contributed by atoms with Crippen molar-refractivity contribution in [2.45, 2.75) is 30.2 Å². The van der Waals surface area contributed by atoms with Gasteiger partial charge in [0.1, 0.15) is 5.52 Å². The molecule has 1 saturated heterocycles. The molecule has 1 aromatic heterocycles. The molecule has 12 heteroatoms. The predicted octanol–water partition coefficient (Wildman–Crippen LogP) is 1.21. The Bertz CT molecular complexity index is 1200. The van der Waals surface area contributed by atoms with E-state index in [-0.39, 0.29) is 21.6 Å². The highest BCUT2D eigenvalue weighted by Crippen LogP contribution is 2.37. The van der Waals surface area contributed by atoms with Crippen molar-refractivity contribution in [2.75, 3.05) is 45.2 Å². The van der Waals surface area contributed by atoms with Crippen molar-refractivity contribution in [3.63, 3.8) is 0 Å². The van der Waals surface area contributed by atoms with Crippen LogP contribution in [0.25, 0.3) is 10.9 Å². The third kappa shape index (κ3) is 4.35. The molecule has 2 amide bonds. The maximum Gasteiger partial charge on any atom is 0.319 e. The van der Waals surface area contributed by atoms with Gasteiger partial charge in [0.2, 0.25) is 15.3 Å². The molecule has 0 atom stereocenters. The molecule has 0 bridgehead atoms. The number of H-pyrrole nitrogens is 1. The normalized spacial score (nSPS) is 18.3. The van der Waals surface area contributed by atoms with E-state index in [0.29, 0.717) is 37.4 Å². The summed E-state index contributed by atoms with van der Waals surface area (Å²) in [5.41, 5.74) is -0.120. The number of halogens is 1. The van der Waals surface area contributed by atoms with Crippen LogP contribution in [-0.2, 0) is 10.0 Å². The molecule has 1 aromatic carbocycles. The second-order valence-electron chi connectivity index (χ2n) is 8.51. The summed E-state index contributed by atoms with van der Waals surface area (Å²) in [6.07, 6.45) is 1.54. The van der Waals surface area contributed by atoms with Gasteiger partial charge in [-0.3, -0.25) is 9.78 Å². The quantitative estimate of drug-likeness (QED) is 0.651. The van der Waals surface area contributed by atoms with Crippen molar-refractivity contribution in [3.05, 3.63) is 27.8 Å². The number of benzene rings is 1. The number of aromatic amines is 1. The van der Waals surface area contributed by atoms with Gasteiger partial charge >= 0.3 is 6.03 Å². The van der Waals surface area contributed by atoms with Gasteiger partial charge in [0.15, 0.2) is 0 Å². The topological polar surface area (TPSA) is 119 Å². The van der Waals surface area contributed by atoms with E-state index in [2.05, 4.69) is 14.7 Å². The molecule has 1 aliphatic heterocycles. The number of rotatable bonds is 4. The Labute approximate surface area is 185 Å². The lowest BCUT2D eigenvalue weighted by Crippen LogP contribution is -2.51. The predicted molar refractivity (Wildman–Crippen MR) is 118 cm³/mol. The zero-order chi connectivity index (χ0) is 22.6. The summed E-state index contributed by atoms with van der Waals surface area (Å²) >= 11 is 5.99. The van der Waals surface area contributed by atoms with Crippen LogP contribution in [0.15, 0.2) is 21.8 Å². The van der Waals surface area contributed by atoms with Gasteiger partial charge in [-0.1, -0.05) is 0 Å². The molecule has 10 nitrogen and oxygen atoms in total. The molecule has 0 spiro atoms. The number of aromatic nitrogens is 2. The number of sulfonamides is 1. The van der Waals surface area contributed by atoms with E-state index in [4.69, 9.17) is 11.6 Å². The Balaban J connectivity index is 1.75. The fraction of sp³-hybridized carbons (Fsp3) is 0.526. The molecule has 2 N–H and O–H groups in total. The van der Waals surface area contributed by atoms with Gasteiger partial charge < -0.3 is 14.7 Å². The van der Waals surface area contributed by atoms with Crippen LogP contribution in [0.1, 0.15) is 19.8 Å². The number of nitrogens with one attached hydrogen (secondary N) is 2. The minimum atomic E-state index is -3.83. The number of piperazine rings is 1. The molecule has 1 aliphatic carbocycles. The van der Waals surface area contributed by atoms with E-state index >= 15 is 0 Å². The Morgan fingerprint density at radius 3 is 2.45 bits per heavy atom. The van der Waals surface area contributed by atoms with Crippen LogP contribution in [0.3, 0.4) is 0 Å². The minimum absolute atomic E-state index is 0.00421. The van der Waals surface area contributed by atoms with Gasteiger partial charge in [0, 0.05) is 45.8 Å². The molecule has 31 heavy (non-hydrogen) atoms. The van der Waals surface area contributed by atoms with E-state index < -0.39 is 21.1 Å². The number of hydrogen-bond acceptors (Lipinski definition) is 6. The van der Waals surface area contributed by atoms with Crippen molar-refractivity contribution < 1.29 is 13.2 Å². The highest BCUT2D eigenvalue weighted by atomic mass is 35.5. The zero-order valence-corrected chi connectivity index (χ0v) is 19.2. The number of anilines is 1. The number of fused-ring (bicyclic) bond motifs is 1. The average Bonchev–Trinajstić information content (AvgIpc) is 3.42. The van der Waals surface area contributed by atoms with Crippen LogP contribution in [0.4, 0.5) is 10.5 Å². The summed E-state index contributed by atoms with van der Waals surface area (Å²) in [5, 5.41) is 0.0782. The Hall–Kier alpha value is -2.37. The van der Waals surface area contributed by atoms with Crippen LogP contribution in [0.2, 0.25) is 5.28 Å². The van der Waals surface area contributed by atoms with E-state index in [9.17, 15) is 18.0 Å². The van der Waals surface area contributed by atoms with Gasteiger partial charge in [0.05, 0.1) is 16.0 Å². The first kappa shape index (κ1) is 21.8. The first-order chi connectivity index (χ1) is 14.5. The fourth-order valence-corrected chi connectivity index (χ4v) is 5.34. The second-order valence-corrected chi connectivity index (χ2v) is 10.6. The maximum atomic E-state index is 13.0. The summed E-state index contributed by atoms with van der Waals surface area (Å²) < 4.78 is 28.7. The van der Waals surface area contributed by atoms with Crippen molar-refractivity contribution >= 4 is 44.2 Å². The third-order valence-corrected chi connectivity index (χ3v) is 7.50. The molecule has 2 aromatic rings. The van der Waals surface area contributed by atoms with Gasteiger partial charge in [-0.15, -0.1) is 0 Å². The fourth-order valence-electron chi connectivity index (χ4n) is 3.66. The lowest BCUT2D eigenvalue weighted by molar-refractivity contribution is 0.168. The summed E-state index contributed by atoms with van der Waals surface area (Å²) in [6.45, 7) is 3.71. The van der Waals surface area contributed by atoms with E-state index in [1.54, 1.807) is 19.0 Å². The van der Waals surface area contributed by atoms with E-state index in [1.165, 1.54) is 17.0 Å². The van der Waals surface area contributed by atoms with Gasteiger partial charge in [-0.2, -0.15) is 0 Å². The maximum absolute atomic E-state index is 13.0. The van der Waals surface area contributed by atoms with Crippen LogP contribution < -0.4 is 15.2 Å². The summed E-state index contributed by atoms with van der Waals surface area (Å²) in [7, 11) is -0.439. The molecule has 0 radical (unpaired) electrons. The average molecular weight is 469 g/mol. The van der Waals surface area contributed by atoms with E-state index in [1.807, 2.05) is 11.8 Å². The molecule has 0 unspecified atom stereocenters. The second kappa shape index (κ2) is 7.64.